The Morgan fingerprint density at radius 2 is 1.92 bits per heavy atom. The maximum Gasteiger partial charge on any atom is 0.241 e. The molecule has 2 heterocycles. The van der Waals surface area contributed by atoms with Crippen molar-refractivity contribution in [2.24, 2.45) is 0 Å². The Morgan fingerprint density at radius 3 is 2.60 bits per heavy atom. The number of nitrogens with one attached hydrogen (secondary N) is 1. The van der Waals surface area contributed by atoms with Gasteiger partial charge in [0.25, 0.3) is 0 Å². The molecule has 0 spiro atoms. The summed E-state index contributed by atoms with van der Waals surface area (Å²) in [6.07, 6.45) is 1.76. The number of carbonyl (C=O) groups is 1. The lowest BCUT2D eigenvalue weighted by atomic mass is 10.2. The highest BCUT2D eigenvalue weighted by atomic mass is 19.1. The highest BCUT2D eigenvalue weighted by Gasteiger charge is 2.26. The second kappa shape index (κ2) is 7.57. The molecule has 0 saturated carbocycles. The van der Waals surface area contributed by atoms with Gasteiger partial charge < -0.3 is 10.2 Å². The largest absolute Gasteiger partial charge is 0.354 e. The molecule has 1 saturated heterocycles. The molecular weight excluding hydrogens is 326 g/mol. The van der Waals surface area contributed by atoms with E-state index in [1.165, 1.54) is 0 Å². The number of amides is 1. The molecule has 1 amide bonds. The van der Waals surface area contributed by atoms with Crippen LogP contribution in [-0.4, -0.2) is 48.0 Å². The van der Waals surface area contributed by atoms with Crippen molar-refractivity contribution in [2.45, 2.75) is 13.0 Å². The van der Waals surface area contributed by atoms with E-state index in [1.54, 1.807) is 13.1 Å². The number of piperazine rings is 1. The third-order valence-electron chi connectivity index (χ3n) is 4.40. The molecule has 1 aliphatic heterocycles. The molecular formula is C18H20F2N4O. The topological polar surface area (TPSA) is 48.5 Å². The summed E-state index contributed by atoms with van der Waals surface area (Å²) < 4.78 is 26.9. The Morgan fingerprint density at radius 1 is 1.16 bits per heavy atom. The molecule has 1 aliphatic rings. The van der Waals surface area contributed by atoms with E-state index >= 15 is 0 Å². The average molecular weight is 346 g/mol. The van der Waals surface area contributed by atoms with Gasteiger partial charge in [0, 0.05) is 38.4 Å². The Balaban J connectivity index is 1.57. The first kappa shape index (κ1) is 17.3. The van der Waals surface area contributed by atoms with E-state index in [0.717, 1.165) is 37.1 Å². The van der Waals surface area contributed by atoms with E-state index in [0.29, 0.717) is 13.1 Å². The van der Waals surface area contributed by atoms with Gasteiger partial charge in [-0.05, 0) is 31.2 Å². The molecule has 0 unspecified atom stereocenters. The minimum atomic E-state index is -0.651. The lowest BCUT2D eigenvalue weighted by molar-refractivity contribution is -0.120. The zero-order valence-electron chi connectivity index (χ0n) is 14.0. The quantitative estimate of drug-likeness (QED) is 0.924. The molecule has 5 nitrogen and oxygen atoms in total. The number of aromatic nitrogens is 1. The minimum absolute atomic E-state index is 0.135. The van der Waals surface area contributed by atoms with Crippen molar-refractivity contribution < 1.29 is 13.6 Å². The van der Waals surface area contributed by atoms with Crippen molar-refractivity contribution in [3.8, 4) is 0 Å². The van der Waals surface area contributed by atoms with Gasteiger partial charge in [0.15, 0.2) is 0 Å². The van der Waals surface area contributed by atoms with E-state index < -0.39 is 17.7 Å². The standard InChI is InChI=1S/C18H20F2N4O/c1-13(18(25)22-16-12-14(19)5-6-15(16)20)23-8-10-24(11-9-23)17-4-2-3-7-21-17/h2-7,12-13H,8-11H2,1H3,(H,22,25)/t13-/m0/s1. The van der Waals surface area contributed by atoms with Crippen molar-refractivity contribution in [3.63, 3.8) is 0 Å². The van der Waals surface area contributed by atoms with Crippen LogP contribution in [0.15, 0.2) is 42.6 Å². The summed E-state index contributed by atoms with van der Waals surface area (Å²) >= 11 is 0. The van der Waals surface area contributed by atoms with Crippen LogP contribution in [0.5, 0.6) is 0 Å². The average Bonchev–Trinajstić information content (AvgIpc) is 2.65. The molecule has 0 radical (unpaired) electrons. The van der Waals surface area contributed by atoms with Gasteiger partial charge in [0.2, 0.25) is 5.91 Å². The van der Waals surface area contributed by atoms with Crippen molar-refractivity contribution in [1.29, 1.82) is 0 Å². The van der Waals surface area contributed by atoms with Gasteiger partial charge >= 0.3 is 0 Å². The normalized spacial score (nSPS) is 16.5. The fraction of sp³-hybridized carbons (Fsp3) is 0.333. The van der Waals surface area contributed by atoms with Crippen LogP contribution in [0.2, 0.25) is 0 Å². The van der Waals surface area contributed by atoms with E-state index in [1.807, 2.05) is 23.1 Å². The molecule has 1 atom stereocenters. The minimum Gasteiger partial charge on any atom is -0.354 e. The summed E-state index contributed by atoms with van der Waals surface area (Å²) in [5, 5.41) is 2.47. The van der Waals surface area contributed by atoms with Gasteiger partial charge in [0.1, 0.15) is 17.5 Å². The van der Waals surface area contributed by atoms with Gasteiger partial charge in [-0.1, -0.05) is 6.07 Å². The van der Waals surface area contributed by atoms with E-state index in [-0.39, 0.29) is 11.6 Å². The van der Waals surface area contributed by atoms with Gasteiger partial charge in [-0.15, -0.1) is 0 Å². The maximum absolute atomic E-state index is 13.7. The summed E-state index contributed by atoms with van der Waals surface area (Å²) in [6, 6.07) is 8.34. The first-order valence-electron chi connectivity index (χ1n) is 8.20. The predicted molar refractivity (Wildman–Crippen MR) is 92.5 cm³/mol. The Kier molecular flexibility index (Phi) is 5.23. The van der Waals surface area contributed by atoms with E-state index in [4.69, 9.17) is 0 Å². The van der Waals surface area contributed by atoms with Crippen LogP contribution in [-0.2, 0) is 4.79 Å². The number of halogens is 2. The van der Waals surface area contributed by atoms with Crippen molar-refractivity contribution in [1.82, 2.24) is 9.88 Å². The Labute approximate surface area is 145 Å². The van der Waals surface area contributed by atoms with Crippen LogP contribution >= 0.6 is 0 Å². The monoisotopic (exact) mass is 346 g/mol. The first-order chi connectivity index (χ1) is 12.0. The smallest absolute Gasteiger partial charge is 0.241 e. The number of hydrogen-bond donors (Lipinski definition) is 1. The van der Waals surface area contributed by atoms with Crippen LogP contribution in [0.25, 0.3) is 0 Å². The number of carbonyl (C=O) groups excluding carboxylic acids is 1. The summed E-state index contributed by atoms with van der Waals surface area (Å²) in [5.41, 5.74) is -0.135. The van der Waals surface area contributed by atoms with Gasteiger partial charge in [-0.25, -0.2) is 13.8 Å². The second-order valence-electron chi connectivity index (χ2n) is 6.00. The molecule has 1 aromatic heterocycles. The zero-order chi connectivity index (χ0) is 17.8. The number of benzene rings is 1. The van der Waals surface area contributed by atoms with Gasteiger partial charge in [-0.3, -0.25) is 9.69 Å². The number of pyridine rings is 1. The van der Waals surface area contributed by atoms with E-state index in [9.17, 15) is 13.6 Å². The van der Waals surface area contributed by atoms with Crippen LogP contribution in [0.3, 0.4) is 0 Å². The fourth-order valence-corrected chi connectivity index (χ4v) is 2.88. The lowest BCUT2D eigenvalue weighted by Gasteiger charge is -2.37. The highest BCUT2D eigenvalue weighted by molar-refractivity contribution is 5.94. The van der Waals surface area contributed by atoms with Crippen LogP contribution in [0.4, 0.5) is 20.3 Å². The fourth-order valence-electron chi connectivity index (χ4n) is 2.88. The Bertz CT molecular complexity index is 733. The number of anilines is 2. The molecule has 0 aliphatic carbocycles. The molecule has 3 rings (SSSR count). The van der Waals surface area contributed by atoms with Crippen LogP contribution < -0.4 is 10.2 Å². The molecule has 1 aromatic carbocycles. The van der Waals surface area contributed by atoms with Crippen molar-refractivity contribution >= 4 is 17.4 Å². The third kappa shape index (κ3) is 4.11. The highest BCUT2D eigenvalue weighted by Crippen LogP contribution is 2.18. The molecule has 0 bridgehead atoms. The molecule has 2 aromatic rings. The first-order valence-corrected chi connectivity index (χ1v) is 8.20. The summed E-state index contributed by atoms with van der Waals surface area (Å²) in [7, 11) is 0. The van der Waals surface area contributed by atoms with Crippen LogP contribution in [0, 0.1) is 11.6 Å². The molecule has 1 N–H and O–H groups in total. The third-order valence-corrected chi connectivity index (χ3v) is 4.40. The summed E-state index contributed by atoms with van der Waals surface area (Å²) in [6.45, 7) is 4.66. The SMILES string of the molecule is C[C@@H](C(=O)Nc1cc(F)ccc1F)N1CCN(c2ccccn2)CC1. The number of rotatable bonds is 4. The molecule has 7 heteroatoms. The van der Waals surface area contributed by atoms with Crippen molar-refractivity contribution in [3.05, 3.63) is 54.2 Å². The lowest BCUT2D eigenvalue weighted by Crippen LogP contribution is -2.53. The molecule has 132 valence electrons. The zero-order valence-corrected chi connectivity index (χ0v) is 14.0. The van der Waals surface area contributed by atoms with Gasteiger partial charge in [-0.2, -0.15) is 0 Å². The Hall–Kier alpha value is -2.54. The van der Waals surface area contributed by atoms with Crippen LogP contribution in [0.1, 0.15) is 6.92 Å². The second-order valence-corrected chi connectivity index (χ2v) is 6.00. The summed E-state index contributed by atoms with van der Waals surface area (Å²) in [4.78, 5) is 20.9. The molecule has 25 heavy (non-hydrogen) atoms. The number of nitrogens with zero attached hydrogens (tertiary/aromatic N) is 3. The maximum atomic E-state index is 13.7. The van der Waals surface area contributed by atoms with Crippen molar-refractivity contribution in [2.75, 3.05) is 36.4 Å². The van der Waals surface area contributed by atoms with Gasteiger partial charge in [0.05, 0.1) is 11.7 Å². The molecule has 1 fully saturated rings. The summed E-state index contributed by atoms with van der Waals surface area (Å²) in [5.74, 6) is -0.674. The number of hydrogen-bond acceptors (Lipinski definition) is 4. The predicted octanol–water partition coefficient (Wildman–Crippen LogP) is 2.51. The van der Waals surface area contributed by atoms with E-state index in [2.05, 4.69) is 15.2 Å².